The van der Waals surface area contributed by atoms with Gasteiger partial charge in [0.1, 0.15) is 18.2 Å². The van der Waals surface area contributed by atoms with Crippen molar-refractivity contribution in [3.63, 3.8) is 0 Å². The first-order valence-electron chi connectivity index (χ1n) is 5.91. The number of hydrogen-bond acceptors (Lipinski definition) is 2. The van der Waals surface area contributed by atoms with Crippen molar-refractivity contribution < 1.29 is 14.2 Å². The minimum atomic E-state index is -0.679. The summed E-state index contributed by atoms with van der Waals surface area (Å²) >= 11 is 5.88. The highest BCUT2D eigenvalue weighted by Crippen LogP contribution is 2.28. The maximum Gasteiger partial charge on any atom is 0.125 e. The van der Waals surface area contributed by atoms with Gasteiger partial charge in [-0.05, 0) is 42.8 Å². The molecular formula is C15H14ClFO2. The monoisotopic (exact) mass is 280 g/mol. The van der Waals surface area contributed by atoms with Crippen LogP contribution in [0.2, 0.25) is 5.02 Å². The Labute approximate surface area is 116 Å². The van der Waals surface area contributed by atoms with Crippen LogP contribution in [0.15, 0.2) is 42.5 Å². The van der Waals surface area contributed by atoms with Crippen molar-refractivity contribution in [3.05, 3.63) is 64.4 Å². The minimum absolute atomic E-state index is 0.235. The highest BCUT2D eigenvalue weighted by molar-refractivity contribution is 6.30. The summed E-state index contributed by atoms with van der Waals surface area (Å²) in [6.45, 7) is 1.87. The van der Waals surface area contributed by atoms with Gasteiger partial charge in [0.25, 0.3) is 0 Å². The molecule has 4 heteroatoms. The quantitative estimate of drug-likeness (QED) is 0.913. The molecule has 0 fully saturated rings. The second-order valence-electron chi connectivity index (χ2n) is 4.28. The van der Waals surface area contributed by atoms with E-state index in [1.54, 1.807) is 37.3 Å². The van der Waals surface area contributed by atoms with E-state index in [4.69, 9.17) is 16.3 Å². The molecule has 0 aliphatic rings. The Balaban J connectivity index is 2.15. The van der Waals surface area contributed by atoms with Crippen LogP contribution in [0.25, 0.3) is 0 Å². The van der Waals surface area contributed by atoms with E-state index in [0.29, 0.717) is 16.3 Å². The first kappa shape index (κ1) is 13.8. The number of rotatable bonds is 4. The highest BCUT2D eigenvalue weighted by atomic mass is 35.5. The van der Waals surface area contributed by atoms with Gasteiger partial charge in [-0.3, -0.25) is 0 Å². The fraction of sp³-hybridized carbons (Fsp3) is 0.200. The van der Waals surface area contributed by atoms with Crippen molar-refractivity contribution in [2.45, 2.75) is 19.6 Å². The van der Waals surface area contributed by atoms with Gasteiger partial charge >= 0.3 is 0 Å². The van der Waals surface area contributed by atoms with E-state index in [9.17, 15) is 9.50 Å². The van der Waals surface area contributed by atoms with Crippen molar-refractivity contribution >= 4 is 11.6 Å². The van der Waals surface area contributed by atoms with Gasteiger partial charge in [-0.1, -0.05) is 23.7 Å². The molecule has 100 valence electrons. The summed E-state index contributed by atoms with van der Waals surface area (Å²) in [5.74, 6) is 0.247. The van der Waals surface area contributed by atoms with Gasteiger partial charge < -0.3 is 9.84 Å². The van der Waals surface area contributed by atoms with E-state index in [1.807, 2.05) is 0 Å². The van der Waals surface area contributed by atoms with Crippen LogP contribution in [0.3, 0.4) is 0 Å². The first-order valence-corrected chi connectivity index (χ1v) is 6.29. The average Bonchev–Trinajstić information content (AvgIpc) is 2.37. The van der Waals surface area contributed by atoms with Crippen molar-refractivity contribution in [1.29, 1.82) is 0 Å². The van der Waals surface area contributed by atoms with Crippen LogP contribution >= 0.6 is 11.6 Å². The maximum atomic E-state index is 13.0. The summed E-state index contributed by atoms with van der Waals surface area (Å²) in [7, 11) is 0. The summed E-state index contributed by atoms with van der Waals surface area (Å²) in [5, 5.41) is 10.2. The molecule has 19 heavy (non-hydrogen) atoms. The van der Waals surface area contributed by atoms with E-state index in [0.717, 1.165) is 5.56 Å². The van der Waals surface area contributed by atoms with Crippen LogP contribution in [-0.4, -0.2) is 5.11 Å². The third kappa shape index (κ3) is 3.69. The van der Waals surface area contributed by atoms with Gasteiger partial charge in [0.05, 0.1) is 6.10 Å². The van der Waals surface area contributed by atoms with Crippen molar-refractivity contribution in [2.24, 2.45) is 0 Å². The molecule has 1 N–H and O–H groups in total. The average molecular weight is 281 g/mol. The summed E-state index contributed by atoms with van der Waals surface area (Å²) < 4.78 is 18.6. The Kier molecular flexibility index (Phi) is 4.40. The number of benzene rings is 2. The van der Waals surface area contributed by atoms with Crippen molar-refractivity contribution in [2.75, 3.05) is 0 Å². The fourth-order valence-corrected chi connectivity index (χ4v) is 1.95. The lowest BCUT2D eigenvalue weighted by Crippen LogP contribution is -2.01. The molecule has 0 aliphatic carbocycles. The molecule has 0 saturated carbocycles. The molecule has 2 aromatic rings. The Morgan fingerprint density at radius 3 is 2.74 bits per heavy atom. The summed E-state index contributed by atoms with van der Waals surface area (Å²) in [5.41, 5.74) is 1.34. The molecular weight excluding hydrogens is 267 g/mol. The van der Waals surface area contributed by atoms with Gasteiger partial charge in [0, 0.05) is 10.6 Å². The van der Waals surface area contributed by atoms with Crippen molar-refractivity contribution in [1.82, 2.24) is 0 Å². The molecule has 0 heterocycles. The molecule has 0 aromatic heterocycles. The Morgan fingerprint density at radius 2 is 2.05 bits per heavy atom. The van der Waals surface area contributed by atoms with Gasteiger partial charge in [-0.15, -0.1) is 0 Å². The summed E-state index contributed by atoms with van der Waals surface area (Å²) in [6.07, 6.45) is -0.679. The molecule has 2 rings (SSSR count). The zero-order chi connectivity index (χ0) is 13.8. The van der Waals surface area contributed by atoms with Crippen LogP contribution in [0, 0.1) is 5.82 Å². The molecule has 0 radical (unpaired) electrons. The Morgan fingerprint density at radius 1 is 1.26 bits per heavy atom. The largest absolute Gasteiger partial charge is 0.489 e. The molecule has 0 aliphatic heterocycles. The van der Waals surface area contributed by atoms with E-state index in [2.05, 4.69) is 0 Å². The van der Waals surface area contributed by atoms with E-state index >= 15 is 0 Å². The molecule has 0 spiro atoms. The molecule has 1 atom stereocenters. The number of ether oxygens (including phenoxy) is 1. The molecule has 0 bridgehead atoms. The van der Waals surface area contributed by atoms with E-state index in [1.165, 1.54) is 12.1 Å². The number of hydrogen-bond donors (Lipinski definition) is 1. The molecule has 0 amide bonds. The minimum Gasteiger partial charge on any atom is -0.489 e. The lowest BCUT2D eigenvalue weighted by Gasteiger charge is -2.14. The van der Waals surface area contributed by atoms with Crippen LogP contribution in [0.4, 0.5) is 4.39 Å². The lowest BCUT2D eigenvalue weighted by molar-refractivity contribution is 0.190. The predicted molar refractivity (Wildman–Crippen MR) is 72.8 cm³/mol. The summed E-state index contributed by atoms with van der Waals surface area (Å²) in [4.78, 5) is 0. The second kappa shape index (κ2) is 6.04. The van der Waals surface area contributed by atoms with Crippen LogP contribution in [-0.2, 0) is 6.61 Å². The molecule has 2 aromatic carbocycles. The zero-order valence-corrected chi connectivity index (χ0v) is 11.2. The number of aliphatic hydroxyl groups excluding tert-OH is 1. The zero-order valence-electron chi connectivity index (χ0n) is 10.4. The fourth-order valence-electron chi connectivity index (χ4n) is 1.77. The first-order chi connectivity index (χ1) is 9.06. The smallest absolute Gasteiger partial charge is 0.125 e. The lowest BCUT2D eigenvalue weighted by atomic mass is 10.1. The molecule has 0 unspecified atom stereocenters. The van der Waals surface area contributed by atoms with Gasteiger partial charge in [-0.25, -0.2) is 4.39 Å². The van der Waals surface area contributed by atoms with Gasteiger partial charge in [-0.2, -0.15) is 0 Å². The Bertz CT molecular complexity index is 570. The third-order valence-electron chi connectivity index (χ3n) is 2.71. The van der Waals surface area contributed by atoms with Crippen molar-refractivity contribution in [3.8, 4) is 5.75 Å². The van der Waals surface area contributed by atoms with Crippen LogP contribution in [0.1, 0.15) is 24.2 Å². The second-order valence-corrected chi connectivity index (χ2v) is 4.71. The standard InChI is InChI=1S/C15H14ClFO2/c1-10(18)14-8-12(16)5-6-15(14)19-9-11-3-2-4-13(17)7-11/h2-8,10,18H,9H2,1H3/t10-/m1/s1. The normalized spacial score (nSPS) is 12.2. The van der Waals surface area contributed by atoms with E-state index in [-0.39, 0.29) is 12.4 Å². The summed E-state index contributed by atoms with van der Waals surface area (Å²) in [6, 6.07) is 11.3. The maximum absolute atomic E-state index is 13.0. The van der Waals surface area contributed by atoms with E-state index < -0.39 is 6.10 Å². The van der Waals surface area contributed by atoms with Crippen LogP contribution in [0.5, 0.6) is 5.75 Å². The third-order valence-corrected chi connectivity index (χ3v) is 2.94. The number of aliphatic hydroxyl groups is 1. The van der Waals surface area contributed by atoms with Gasteiger partial charge in [0.15, 0.2) is 0 Å². The van der Waals surface area contributed by atoms with Crippen LogP contribution < -0.4 is 4.74 Å². The predicted octanol–water partition coefficient (Wildman–Crippen LogP) is 4.11. The topological polar surface area (TPSA) is 29.5 Å². The number of halogens is 2. The van der Waals surface area contributed by atoms with Gasteiger partial charge in [0.2, 0.25) is 0 Å². The molecule has 2 nitrogen and oxygen atoms in total. The highest BCUT2D eigenvalue weighted by Gasteiger charge is 2.10. The Hall–Kier alpha value is -1.58. The SMILES string of the molecule is C[C@@H](O)c1cc(Cl)ccc1OCc1cccc(F)c1. The molecule has 0 saturated heterocycles.